The molecule has 3 aromatic carbocycles. The average molecular weight is 389 g/mol. The van der Waals surface area contributed by atoms with E-state index in [2.05, 4.69) is 5.32 Å². The van der Waals surface area contributed by atoms with Gasteiger partial charge in [-0.25, -0.2) is 0 Å². The molecular weight excluding hydrogens is 370 g/mol. The monoisotopic (exact) mass is 389 g/mol. The second-order valence-corrected chi connectivity index (χ2v) is 6.39. The molecule has 146 valence electrons. The van der Waals surface area contributed by atoms with Crippen LogP contribution in [0.4, 0.5) is 5.69 Å². The van der Waals surface area contributed by atoms with Crippen molar-refractivity contribution < 1.29 is 23.8 Å². The molecule has 0 saturated carbocycles. The lowest BCUT2D eigenvalue weighted by atomic mass is 10.0. The Balaban J connectivity index is 1.59. The van der Waals surface area contributed by atoms with E-state index in [0.29, 0.717) is 47.3 Å². The summed E-state index contributed by atoms with van der Waals surface area (Å²) < 4.78 is 16.7. The molecule has 0 aromatic heterocycles. The highest BCUT2D eigenvalue weighted by Crippen LogP contribution is 2.36. The molecule has 4 rings (SSSR count). The van der Waals surface area contributed by atoms with Gasteiger partial charge in [-0.2, -0.15) is 0 Å². The molecule has 0 atom stereocenters. The van der Waals surface area contributed by atoms with Crippen molar-refractivity contribution in [1.29, 1.82) is 0 Å². The number of rotatable bonds is 6. The van der Waals surface area contributed by atoms with Gasteiger partial charge >= 0.3 is 0 Å². The van der Waals surface area contributed by atoms with Crippen molar-refractivity contribution in [1.82, 2.24) is 0 Å². The van der Waals surface area contributed by atoms with E-state index in [-0.39, 0.29) is 18.3 Å². The lowest BCUT2D eigenvalue weighted by Crippen LogP contribution is -2.23. The summed E-state index contributed by atoms with van der Waals surface area (Å²) in [5, 5.41) is 2.76. The number of amides is 1. The van der Waals surface area contributed by atoms with Gasteiger partial charge in [-0.05, 0) is 18.2 Å². The maximum Gasteiger partial charge on any atom is 0.262 e. The first kappa shape index (κ1) is 18.6. The zero-order valence-electron chi connectivity index (χ0n) is 15.6. The molecule has 0 fully saturated rings. The minimum Gasteiger partial charge on any atom is -0.486 e. The predicted molar refractivity (Wildman–Crippen MR) is 108 cm³/mol. The molecule has 0 unspecified atom stereocenters. The molecule has 1 N–H and O–H groups in total. The molecule has 6 nitrogen and oxygen atoms in total. The Labute approximate surface area is 168 Å². The van der Waals surface area contributed by atoms with Crippen LogP contribution in [0.1, 0.15) is 15.9 Å². The van der Waals surface area contributed by atoms with Crippen LogP contribution in [0.2, 0.25) is 0 Å². The van der Waals surface area contributed by atoms with Crippen LogP contribution in [0.25, 0.3) is 0 Å². The molecule has 1 amide bonds. The molecule has 0 radical (unpaired) electrons. The number of para-hydroxylation sites is 1. The lowest BCUT2D eigenvalue weighted by Gasteiger charge is -2.21. The van der Waals surface area contributed by atoms with Crippen molar-refractivity contribution in [3.63, 3.8) is 0 Å². The van der Waals surface area contributed by atoms with E-state index in [0.717, 1.165) is 0 Å². The van der Waals surface area contributed by atoms with Crippen molar-refractivity contribution >= 4 is 17.4 Å². The van der Waals surface area contributed by atoms with Gasteiger partial charge in [0.15, 0.2) is 23.9 Å². The van der Waals surface area contributed by atoms with E-state index < -0.39 is 0 Å². The smallest absolute Gasteiger partial charge is 0.262 e. The normalized spacial score (nSPS) is 12.1. The largest absolute Gasteiger partial charge is 0.486 e. The Morgan fingerprint density at radius 3 is 2.17 bits per heavy atom. The van der Waals surface area contributed by atoms with E-state index in [1.54, 1.807) is 48.5 Å². The van der Waals surface area contributed by atoms with Gasteiger partial charge in [0.1, 0.15) is 19.0 Å². The Bertz CT molecular complexity index is 1020. The number of hydrogen-bond donors (Lipinski definition) is 1. The van der Waals surface area contributed by atoms with Gasteiger partial charge in [-0.3, -0.25) is 9.59 Å². The summed E-state index contributed by atoms with van der Waals surface area (Å²) in [4.78, 5) is 25.5. The van der Waals surface area contributed by atoms with Crippen LogP contribution >= 0.6 is 0 Å². The van der Waals surface area contributed by atoms with Crippen LogP contribution in [0.5, 0.6) is 17.2 Å². The maximum absolute atomic E-state index is 13.0. The van der Waals surface area contributed by atoms with E-state index in [4.69, 9.17) is 14.2 Å². The zero-order chi connectivity index (χ0) is 20.1. The number of carbonyl (C=O) groups is 2. The SMILES string of the molecule is O=C(COc1ccccc1)Nc1cc2c(cc1C(=O)c1ccccc1)OCCO2. The summed E-state index contributed by atoms with van der Waals surface area (Å²) in [7, 11) is 0. The second kappa shape index (κ2) is 8.48. The van der Waals surface area contributed by atoms with Gasteiger partial charge < -0.3 is 19.5 Å². The number of fused-ring (bicyclic) bond motifs is 1. The topological polar surface area (TPSA) is 73.9 Å². The number of anilines is 1. The number of ketones is 1. The number of carbonyl (C=O) groups excluding carboxylic acids is 2. The van der Waals surface area contributed by atoms with Crippen LogP contribution in [-0.2, 0) is 4.79 Å². The van der Waals surface area contributed by atoms with Crippen molar-refractivity contribution in [2.24, 2.45) is 0 Å². The fraction of sp³-hybridized carbons (Fsp3) is 0.130. The van der Waals surface area contributed by atoms with E-state index in [1.807, 2.05) is 24.3 Å². The van der Waals surface area contributed by atoms with Crippen LogP contribution < -0.4 is 19.5 Å². The van der Waals surface area contributed by atoms with Gasteiger partial charge in [0.05, 0.1) is 11.3 Å². The van der Waals surface area contributed by atoms with Gasteiger partial charge in [0.2, 0.25) is 0 Å². The maximum atomic E-state index is 13.0. The molecule has 1 aliphatic rings. The fourth-order valence-corrected chi connectivity index (χ4v) is 2.98. The summed E-state index contributed by atoms with van der Waals surface area (Å²) in [5.41, 5.74) is 1.19. The number of benzene rings is 3. The Morgan fingerprint density at radius 1 is 0.862 bits per heavy atom. The molecule has 6 heteroatoms. The highest BCUT2D eigenvalue weighted by atomic mass is 16.6. The first-order chi connectivity index (χ1) is 14.2. The molecule has 1 heterocycles. The van der Waals surface area contributed by atoms with Crippen molar-refractivity contribution in [3.05, 3.63) is 83.9 Å². The van der Waals surface area contributed by atoms with Crippen molar-refractivity contribution in [2.75, 3.05) is 25.1 Å². The van der Waals surface area contributed by atoms with Crippen LogP contribution in [0, 0.1) is 0 Å². The number of ether oxygens (including phenoxy) is 3. The minimum absolute atomic E-state index is 0.183. The molecular formula is C23H19NO5. The summed E-state index contributed by atoms with van der Waals surface area (Å²) in [6.45, 7) is 0.628. The van der Waals surface area contributed by atoms with Gasteiger partial charge in [-0.15, -0.1) is 0 Å². The fourth-order valence-electron chi connectivity index (χ4n) is 2.98. The van der Waals surface area contributed by atoms with Gasteiger partial charge in [0, 0.05) is 11.6 Å². The third-order valence-electron chi connectivity index (χ3n) is 4.35. The average Bonchev–Trinajstić information content (AvgIpc) is 2.78. The third-order valence-corrected chi connectivity index (χ3v) is 4.35. The lowest BCUT2D eigenvalue weighted by molar-refractivity contribution is -0.118. The van der Waals surface area contributed by atoms with Crippen molar-refractivity contribution in [3.8, 4) is 17.2 Å². The van der Waals surface area contributed by atoms with Gasteiger partial charge in [-0.1, -0.05) is 48.5 Å². The molecule has 3 aromatic rings. The molecule has 29 heavy (non-hydrogen) atoms. The summed E-state index contributed by atoms with van der Waals surface area (Å²) in [5.74, 6) is 0.953. The quantitative estimate of drug-likeness (QED) is 0.651. The second-order valence-electron chi connectivity index (χ2n) is 6.39. The predicted octanol–water partition coefficient (Wildman–Crippen LogP) is 3.71. The molecule has 1 aliphatic heterocycles. The number of nitrogens with one attached hydrogen (secondary N) is 1. The van der Waals surface area contributed by atoms with Crippen LogP contribution in [-0.4, -0.2) is 31.5 Å². The highest BCUT2D eigenvalue weighted by Gasteiger charge is 2.22. The van der Waals surface area contributed by atoms with Gasteiger partial charge in [0.25, 0.3) is 5.91 Å². The molecule has 0 spiro atoms. The highest BCUT2D eigenvalue weighted by molar-refractivity contribution is 6.14. The third kappa shape index (κ3) is 4.38. The van der Waals surface area contributed by atoms with E-state index >= 15 is 0 Å². The molecule has 0 saturated heterocycles. The van der Waals surface area contributed by atoms with E-state index in [9.17, 15) is 9.59 Å². The zero-order valence-corrected chi connectivity index (χ0v) is 15.6. The minimum atomic E-state index is -0.382. The summed E-state index contributed by atoms with van der Waals surface area (Å²) in [6, 6.07) is 21.1. The first-order valence-electron chi connectivity index (χ1n) is 9.22. The first-order valence-corrected chi connectivity index (χ1v) is 9.22. The summed E-state index contributed by atoms with van der Waals surface area (Å²) >= 11 is 0. The molecule has 0 aliphatic carbocycles. The Morgan fingerprint density at radius 2 is 1.48 bits per heavy atom. The summed E-state index contributed by atoms with van der Waals surface area (Å²) in [6.07, 6.45) is 0. The number of hydrogen-bond acceptors (Lipinski definition) is 5. The Hall–Kier alpha value is -3.80. The Kier molecular flexibility index (Phi) is 5.42. The van der Waals surface area contributed by atoms with Crippen LogP contribution in [0.3, 0.4) is 0 Å². The van der Waals surface area contributed by atoms with Crippen LogP contribution in [0.15, 0.2) is 72.8 Å². The molecule has 0 bridgehead atoms. The standard InChI is InChI=1S/C23H19NO5/c25-22(15-29-17-9-5-2-6-10-17)24-19-14-21-20(27-11-12-28-21)13-18(19)23(26)16-7-3-1-4-8-16/h1-10,13-14H,11-12,15H2,(H,24,25). The van der Waals surface area contributed by atoms with Crippen molar-refractivity contribution in [2.45, 2.75) is 0 Å². The van der Waals surface area contributed by atoms with E-state index in [1.165, 1.54) is 0 Å².